The van der Waals surface area contributed by atoms with Gasteiger partial charge in [0.15, 0.2) is 0 Å². The molecule has 10 aromatic carbocycles. The van der Waals surface area contributed by atoms with Gasteiger partial charge >= 0.3 is 0 Å². The van der Waals surface area contributed by atoms with Crippen molar-refractivity contribution in [2.45, 2.75) is 12.3 Å². The summed E-state index contributed by atoms with van der Waals surface area (Å²) in [5.74, 6) is 0. The van der Waals surface area contributed by atoms with Crippen molar-refractivity contribution in [2.75, 3.05) is 0 Å². The van der Waals surface area contributed by atoms with Gasteiger partial charge in [-0.2, -0.15) is 0 Å². The number of allylic oxidation sites excluding steroid dienone is 4. The van der Waals surface area contributed by atoms with Crippen molar-refractivity contribution in [3.8, 4) is 33.4 Å². The molecule has 0 saturated carbocycles. The molecule has 0 aromatic heterocycles. The topological polar surface area (TPSA) is 30.5 Å². The molecule has 0 amide bonds. The molecule has 4 aliphatic heterocycles. The van der Waals surface area contributed by atoms with E-state index in [0.717, 1.165) is 22.5 Å². The third kappa shape index (κ3) is 6.30. The van der Waals surface area contributed by atoms with Gasteiger partial charge in [0.1, 0.15) is 12.3 Å². The van der Waals surface area contributed by atoms with Gasteiger partial charge in [0.2, 0.25) is 0 Å². The number of benzene rings is 10. The Labute approximate surface area is 407 Å². The summed E-state index contributed by atoms with van der Waals surface area (Å²) >= 11 is 0. The van der Waals surface area contributed by atoms with Gasteiger partial charge in [0, 0.05) is 23.5 Å². The van der Waals surface area contributed by atoms with Crippen molar-refractivity contribution < 1.29 is 0 Å². The summed E-state index contributed by atoms with van der Waals surface area (Å²) in [5.41, 5.74) is 16.7. The number of hydrogen-bond donors (Lipinski definition) is 2. The maximum absolute atomic E-state index is 3.83. The molecule has 0 bridgehead atoms. The second-order valence-electron chi connectivity index (χ2n) is 18.5. The minimum Gasteiger partial charge on any atom is -0.359 e. The van der Waals surface area contributed by atoms with E-state index >= 15 is 0 Å². The normalized spacial score (nSPS) is 17.0. The van der Waals surface area contributed by atoms with Crippen LogP contribution in [0.5, 0.6) is 0 Å². The van der Waals surface area contributed by atoms with Crippen molar-refractivity contribution in [1.82, 2.24) is 20.4 Å². The minimum absolute atomic E-state index is 0.0711. The maximum Gasteiger partial charge on any atom is 0.123 e. The molecule has 4 heteroatoms. The molecule has 330 valence electrons. The van der Waals surface area contributed by atoms with Gasteiger partial charge in [-0.25, -0.2) is 0 Å². The lowest BCUT2D eigenvalue weighted by atomic mass is 9.81. The quantitative estimate of drug-likeness (QED) is 0.156. The zero-order valence-corrected chi connectivity index (χ0v) is 38.3. The van der Waals surface area contributed by atoms with Gasteiger partial charge in [-0.1, -0.05) is 218 Å². The molecule has 2 N–H and O–H groups in total. The van der Waals surface area contributed by atoms with Crippen LogP contribution in [0.1, 0.15) is 22.3 Å². The van der Waals surface area contributed by atoms with Crippen molar-refractivity contribution in [2.24, 2.45) is 0 Å². The molecule has 70 heavy (non-hydrogen) atoms. The Balaban J connectivity index is 0.925. The molecule has 0 spiro atoms. The van der Waals surface area contributed by atoms with Crippen LogP contribution in [0.3, 0.4) is 0 Å². The molecule has 2 atom stereocenters. The van der Waals surface area contributed by atoms with Crippen LogP contribution in [0.15, 0.2) is 255 Å². The first-order chi connectivity index (χ1) is 34.8. The van der Waals surface area contributed by atoms with E-state index < -0.39 is 0 Å². The van der Waals surface area contributed by atoms with E-state index in [1.54, 1.807) is 0 Å². The number of nitrogens with one attached hydrogen (secondary N) is 2. The summed E-state index contributed by atoms with van der Waals surface area (Å²) in [6, 6.07) is 76.0. The lowest BCUT2D eigenvalue weighted by Gasteiger charge is -2.25. The van der Waals surface area contributed by atoms with Crippen LogP contribution in [-0.2, 0) is 0 Å². The van der Waals surface area contributed by atoms with Gasteiger partial charge < -0.3 is 20.4 Å². The lowest BCUT2D eigenvalue weighted by Crippen LogP contribution is -2.32. The molecule has 4 aliphatic rings. The molecular weight excluding hydrogens is 849 g/mol. The summed E-state index contributed by atoms with van der Waals surface area (Å²) < 4.78 is 0. The number of nitrogens with zero attached hydrogens (tertiary/aromatic N) is 2. The number of rotatable bonds is 7. The van der Waals surface area contributed by atoms with Crippen molar-refractivity contribution in [3.63, 3.8) is 0 Å². The largest absolute Gasteiger partial charge is 0.359 e. The van der Waals surface area contributed by atoms with Crippen molar-refractivity contribution in [1.29, 1.82) is 0 Å². The SMILES string of the molecule is C1=CC2NC(c3ccc(-c4c5ccccc5c(-c5c6ccccc6c(-c6ccc(C7=C(c8ccccc8)N8C=CC=CC8N7)cc6)c6ccccc56)c5ccccc45)cc3)=C(c3ccccc3)N2C=C1. The molecule has 0 aliphatic carbocycles. The van der Waals surface area contributed by atoms with E-state index in [1.165, 1.54) is 99.0 Å². The monoisotopic (exact) mass is 894 g/mol. The Morgan fingerprint density at radius 2 is 0.543 bits per heavy atom. The lowest BCUT2D eigenvalue weighted by molar-refractivity contribution is 0.443. The zero-order valence-electron chi connectivity index (χ0n) is 38.3. The Morgan fingerprint density at radius 1 is 0.257 bits per heavy atom. The van der Waals surface area contributed by atoms with E-state index in [0.29, 0.717) is 0 Å². The molecule has 0 saturated heterocycles. The first-order valence-corrected chi connectivity index (χ1v) is 24.2. The van der Waals surface area contributed by atoms with E-state index in [2.05, 4.69) is 276 Å². The van der Waals surface area contributed by atoms with E-state index in [-0.39, 0.29) is 12.3 Å². The highest BCUT2D eigenvalue weighted by Crippen LogP contribution is 2.50. The molecule has 0 radical (unpaired) electrons. The van der Waals surface area contributed by atoms with Crippen LogP contribution in [0, 0.1) is 0 Å². The Hall–Kier alpha value is -9.12. The van der Waals surface area contributed by atoms with Crippen LogP contribution < -0.4 is 10.6 Å². The van der Waals surface area contributed by atoms with Gasteiger partial charge in [-0.3, -0.25) is 0 Å². The minimum atomic E-state index is 0.0711. The summed E-state index contributed by atoms with van der Waals surface area (Å²) in [6.45, 7) is 0. The van der Waals surface area contributed by atoms with Crippen molar-refractivity contribution >= 4 is 65.9 Å². The molecule has 4 heterocycles. The van der Waals surface area contributed by atoms with Crippen LogP contribution in [-0.4, -0.2) is 22.1 Å². The van der Waals surface area contributed by atoms with Crippen LogP contribution in [0.2, 0.25) is 0 Å². The molecule has 4 nitrogen and oxygen atoms in total. The van der Waals surface area contributed by atoms with Crippen LogP contribution >= 0.6 is 0 Å². The second kappa shape index (κ2) is 16.3. The fourth-order valence-electron chi connectivity index (χ4n) is 11.6. The van der Waals surface area contributed by atoms with Gasteiger partial charge in [0.25, 0.3) is 0 Å². The first kappa shape index (κ1) is 40.0. The highest BCUT2D eigenvalue weighted by atomic mass is 15.3. The van der Waals surface area contributed by atoms with E-state index in [1.807, 2.05) is 0 Å². The fraction of sp³-hybridized carbons (Fsp3) is 0.0303. The molecular formula is C66H46N4. The van der Waals surface area contributed by atoms with E-state index in [9.17, 15) is 0 Å². The fourth-order valence-corrected chi connectivity index (χ4v) is 11.6. The Kier molecular flexibility index (Phi) is 9.31. The predicted octanol–water partition coefficient (Wildman–Crippen LogP) is 15.6. The number of fused-ring (bicyclic) bond motifs is 6. The first-order valence-electron chi connectivity index (χ1n) is 24.2. The zero-order chi connectivity index (χ0) is 46.1. The Morgan fingerprint density at radius 3 is 0.871 bits per heavy atom. The molecule has 10 aromatic rings. The van der Waals surface area contributed by atoms with Crippen LogP contribution in [0.4, 0.5) is 0 Å². The van der Waals surface area contributed by atoms with Crippen molar-refractivity contribution in [3.05, 3.63) is 277 Å². The second-order valence-corrected chi connectivity index (χ2v) is 18.5. The Bertz CT molecular complexity index is 3560. The summed E-state index contributed by atoms with van der Waals surface area (Å²) in [6.07, 6.45) is 17.4. The summed E-state index contributed by atoms with van der Waals surface area (Å²) in [5, 5.41) is 17.6. The third-order valence-corrected chi connectivity index (χ3v) is 14.6. The van der Waals surface area contributed by atoms with E-state index in [4.69, 9.17) is 0 Å². The maximum atomic E-state index is 3.83. The number of hydrogen-bond acceptors (Lipinski definition) is 4. The molecule has 0 fully saturated rings. The highest BCUT2D eigenvalue weighted by molar-refractivity contribution is 6.30. The standard InChI is InChI=1S/C66H46N4/c1-3-19-47(20-4-1)65-63(67-57-31-15-17-41-69(57)65)45-37-33-43(34-38-45)59-49-23-7-11-27-53(49)61(54-28-12-8-24-50(54)59)62-55-29-13-9-25-51(55)60(52-26-10-14-30-56(52)62)44-35-39-46(40-36-44)64-66(48-21-5-2-6-22-48)70-42-18-16-32-58(70)68-64/h1-42,57-58,67-68H. The predicted molar refractivity (Wildman–Crippen MR) is 293 cm³/mol. The molecule has 2 unspecified atom stereocenters. The van der Waals surface area contributed by atoms with Gasteiger partial charge in [0.05, 0.1) is 22.8 Å². The smallest absolute Gasteiger partial charge is 0.123 e. The third-order valence-electron chi connectivity index (χ3n) is 14.6. The average molecular weight is 895 g/mol. The summed E-state index contributed by atoms with van der Waals surface area (Å²) in [4.78, 5) is 4.67. The average Bonchev–Trinajstić information content (AvgIpc) is 4.02. The summed E-state index contributed by atoms with van der Waals surface area (Å²) in [7, 11) is 0. The molecule has 14 rings (SSSR count). The highest BCUT2D eigenvalue weighted by Gasteiger charge is 2.33. The van der Waals surface area contributed by atoms with Gasteiger partial charge in [-0.15, -0.1) is 0 Å². The van der Waals surface area contributed by atoms with Gasteiger partial charge in [-0.05, 0) is 112 Å². The van der Waals surface area contributed by atoms with Crippen LogP contribution in [0.25, 0.3) is 99.3 Å².